The van der Waals surface area contributed by atoms with Gasteiger partial charge in [-0.3, -0.25) is 4.79 Å². The average Bonchev–Trinajstić information content (AvgIpc) is 2.03. The van der Waals surface area contributed by atoms with Gasteiger partial charge in [0, 0.05) is 17.2 Å². The largest absolute Gasteiger partial charge is 0.480 e. The first-order valence-corrected chi connectivity index (χ1v) is 4.57. The zero-order valence-corrected chi connectivity index (χ0v) is 10.0. The van der Waals surface area contributed by atoms with Gasteiger partial charge in [0.15, 0.2) is 0 Å². The van der Waals surface area contributed by atoms with Gasteiger partial charge < -0.3 is 10.0 Å². The monoisotopic (exact) mass is 279 g/mol. The normalized spacial score (nSPS) is 9.00. The average molecular weight is 281 g/mol. The van der Waals surface area contributed by atoms with Crippen molar-refractivity contribution >= 4 is 40.0 Å². The van der Waals surface area contributed by atoms with Crippen LogP contribution in [0.1, 0.15) is 0 Å². The van der Waals surface area contributed by atoms with Crippen LogP contribution in [0.15, 0.2) is 28.7 Å². The first kappa shape index (κ1) is 13.3. The maximum atomic E-state index is 10.4. The van der Waals surface area contributed by atoms with Gasteiger partial charge in [-0.25, -0.2) is 0 Å². The topological polar surface area (TPSA) is 40.5 Å². The first-order chi connectivity index (χ1) is 6.09. The summed E-state index contributed by atoms with van der Waals surface area (Å²) in [6, 6.07) is 7.52. The summed E-state index contributed by atoms with van der Waals surface area (Å²) < 4.78 is 0.947. The Morgan fingerprint density at radius 3 is 2.71 bits per heavy atom. The van der Waals surface area contributed by atoms with Crippen molar-refractivity contribution in [2.75, 3.05) is 18.5 Å². The van der Waals surface area contributed by atoms with Crippen molar-refractivity contribution in [2.24, 2.45) is 0 Å². The highest BCUT2D eigenvalue weighted by Crippen LogP contribution is 2.18. The second-order valence-corrected chi connectivity index (χ2v) is 3.65. The molecule has 0 radical (unpaired) electrons. The van der Waals surface area contributed by atoms with E-state index in [0.29, 0.717) is 0 Å². The maximum absolute atomic E-state index is 10.4. The van der Waals surface area contributed by atoms with E-state index < -0.39 is 5.97 Å². The number of halogens is 2. The minimum absolute atomic E-state index is 0. The van der Waals surface area contributed by atoms with Gasteiger partial charge in [0.1, 0.15) is 6.54 Å². The third-order valence-corrected chi connectivity index (χ3v) is 2.11. The van der Waals surface area contributed by atoms with E-state index in [1.54, 1.807) is 11.9 Å². The standard InChI is InChI=1S/C9H10BrNO2.ClH/c1-11(6-9(12)13)8-4-2-3-7(10)5-8;/h2-5H,6H2,1H3,(H,12,13);1H. The van der Waals surface area contributed by atoms with Crippen molar-refractivity contribution in [2.45, 2.75) is 0 Å². The predicted octanol–water partition coefficient (Wildman–Crippen LogP) is 2.39. The van der Waals surface area contributed by atoms with Gasteiger partial charge >= 0.3 is 5.97 Å². The van der Waals surface area contributed by atoms with E-state index in [-0.39, 0.29) is 19.0 Å². The molecule has 14 heavy (non-hydrogen) atoms. The van der Waals surface area contributed by atoms with E-state index in [1.807, 2.05) is 24.3 Å². The lowest BCUT2D eigenvalue weighted by Gasteiger charge is -2.16. The molecule has 78 valence electrons. The minimum Gasteiger partial charge on any atom is -0.480 e. The van der Waals surface area contributed by atoms with E-state index in [0.717, 1.165) is 10.2 Å². The molecule has 0 aliphatic rings. The van der Waals surface area contributed by atoms with Gasteiger partial charge in [0.2, 0.25) is 0 Å². The van der Waals surface area contributed by atoms with Crippen LogP contribution in [0.2, 0.25) is 0 Å². The molecule has 0 aliphatic heterocycles. The number of hydrogen-bond donors (Lipinski definition) is 1. The number of carbonyl (C=O) groups is 1. The number of aliphatic carboxylic acids is 1. The Hall–Kier alpha value is -0.740. The summed E-state index contributed by atoms with van der Waals surface area (Å²) in [5.41, 5.74) is 0.886. The van der Waals surface area contributed by atoms with Crippen LogP contribution in [-0.2, 0) is 4.79 Å². The lowest BCUT2D eigenvalue weighted by molar-refractivity contribution is -0.135. The first-order valence-electron chi connectivity index (χ1n) is 3.78. The van der Waals surface area contributed by atoms with E-state index >= 15 is 0 Å². The van der Waals surface area contributed by atoms with Crippen LogP contribution in [0.25, 0.3) is 0 Å². The zero-order valence-electron chi connectivity index (χ0n) is 7.61. The van der Waals surface area contributed by atoms with Crippen LogP contribution in [0.5, 0.6) is 0 Å². The maximum Gasteiger partial charge on any atom is 0.323 e. The van der Waals surface area contributed by atoms with Crippen LogP contribution in [0.3, 0.4) is 0 Å². The summed E-state index contributed by atoms with van der Waals surface area (Å²) in [5, 5.41) is 8.56. The number of hydrogen-bond acceptors (Lipinski definition) is 2. The fourth-order valence-electron chi connectivity index (χ4n) is 1.01. The lowest BCUT2D eigenvalue weighted by atomic mass is 10.3. The second-order valence-electron chi connectivity index (χ2n) is 2.73. The van der Waals surface area contributed by atoms with Gasteiger partial charge in [0.25, 0.3) is 0 Å². The highest BCUT2D eigenvalue weighted by atomic mass is 79.9. The van der Waals surface area contributed by atoms with E-state index in [2.05, 4.69) is 15.9 Å². The summed E-state index contributed by atoms with van der Waals surface area (Å²) in [6.07, 6.45) is 0. The highest BCUT2D eigenvalue weighted by molar-refractivity contribution is 9.10. The van der Waals surface area contributed by atoms with E-state index in [4.69, 9.17) is 5.11 Å². The molecule has 0 amide bonds. The minimum atomic E-state index is -0.831. The molecule has 0 aromatic heterocycles. The lowest BCUT2D eigenvalue weighted by Crippen LogP contribution is -2.24. The summed E-state index contributed by atoms with van der Waals surface area (Å²) in [6.45, 7) is 0.0104. The van der Waals surface area contributed by atoms with Gasteiger partial charge in [-0.1, -0.05) is 22.0 Å². The van der Waals surface area contributed by atoms with Crippen LogP contribution in [-0.4, -0.2) is 24.7 Å². The molecule has 1 aromatic rings. The van der Waals surface area contributed by atoms with Gasteiger partial charge in [-0.05, 0) is 18.2 Å². The fourth-order valence-corrected chi connectivity index (χ4v) is 1.39. The molecule has 0 fully saturated rings. The molecule has 0 atom stereocenters. The smallest absolute Gasteiger partial charge is 0.323 e. The van der Waals surface area contributed by atoms with Crippen LogP contribution in [0, 0.1) is 0 Å². The Bertz CT molecular complexity index is 319. The molecule has 0 unspecified atom stereocenters. The number of carboxylic acid groups (broad SMARTS) is 1. The van der Waals surface area contributed by atoms with Crippen molar-refractivity contribution in [3.05, 3.63) is 28.7 Å². The Morgan fingerprint density at radius 2 is 2.21 bits per heavy atom. The van der Waals surface area contributed by atoms with Gasteiger partial charge in [-0.2, -0.15) is 0 Å². The van der Waals surface area contributed by atoms with Crippen molar-refractivity contribution in [3.63, 3.8) is 0 Å². The molecule has 1 aromatic carbocycles. The Balaban J connectivity index is 0.00000169. The molecule has 0 heterocycles. The fraction of sp³-hybridized carbons (Fsp3) is 0.222. The van der Waals surface area contributed by atoms with Crippen LogP contribution < -0.4 is 4.90 Å². The zero-order chi connectivity index (χ0) is 9.84. The Labute approximate surface area is 97.3 Å². The Morgan fingerprint density at radius 1 is 1.57 bits per heavy atom. The van der Waals surface area contributed by atoms with Crippen LogP contribution >= 0.6 is 28.3 Å². The highest BCUT2D eigenvalue weighted by Gasteiger charge is 2.04. The summed E-state index contributed by atoms with van der Waals surface area (Å²) in [7, 11) is 1.75. The number of carboxylic acids is 1. The molecular weight excluding hydrogens is 269 g/mol. The molecule has 5 heteroatoms. The summed E-state index contributed by atoms with van der Waals surface area (Å²) in [4.78, 5) is 12.1. The van der Waals surface area contributed by atoms with Gasteiger partial charge in [0.05, 0.1) is 0 Å². The van der Waals surface area contributed by atoms with Crippen molar-refractivity contribution in [3.8, 4) is 0 Å². The van der Waals surface area contributed by atoms with Crippen LogP contribution in [0.4, 0.5) is 5.69 Å². The summed E-state index contributed by atoms with van der Waals surface area (Å²) >= 11 is 3.32. The predicted molar refractivity (Wildman–Crippen MR) is 62.3 cm³/mol. The third-order valence-electron chi connectivity index (χ3n) is 1.62. The molecule has 0 bridgehead atoms. The SMILES string of the molecule is CN(CC(=O)O)c1cccc(Br)c1.Cl. The van der Waals surface area contributed by atoms with Crippen molar-refractivity contribution in [1.29, 1.82) is 0 Å². The van der Waals surface area contributed by atoms with E-state index in [1.165, 1.54) is 0 Å². The second kappa shape index (κ2) is 5.88. The number of likely N-dealkylation sites (N-methyl/N-ethyl adjacent to an activating group) is 1. The number of nitrogens with zero attached hydrogens (tertiary/aromatic N) is 1. The molecule has 3 nitrogen and oxygen atoms in total. The molecule has 1 rings (SSSR count). The molecule has 0 spiro atoms. The van der Waals surface area contributed by atoms with Crippen molar-refractivity contribution < 1.29 is 9.90 Å². The number of anilines is 1. The molecule has 0 saturated heterocycles. The number of rotatable bonds is 3. The van der Waals surface area contributed by atoms with Crippen molar-refractivity contribution in [1.82, 2.24) is 0 Å². The number of benzene rings is 1. The van der Waals surface area contributed by atoms with E-state index in [9.17, 15) is 4.79 Å². The Kier molecular flexibility index (Phi) is 5.57. The third kappa shape index (κ3) is 3.98. The molecule has 0 saturated carbocycles. The quantitative estimate of drug-likeness (QED) is 0.924. The molecular formula is C9H11BrClNO2. The summed E-state index contributed by atoms with van der Waals surface area (Å²) in [5.74, 6) is -0.831. The molecule has 0 aliphatic carbocycles. The molecule has 1 N–H and O–H groups in total. The van der Waals surface area contributed by atoms with Gasteiger partial charge in [-0.15, -0.1) is 12.4 Å².